The van der Waals surface area contributed by atoms with E-state index in [2.05, 4.69) is 29.5 Å². The van der Waals surface area contributed by atoms with E-state index < -0.39 is 0 Å². The van der Waals surface area contributed by atoms with Crippen LogP contribution >= 0.6 is 35.3 Å². The van der Waals surface area contributed by atoms with Gasteiger partial charge in [0.25, 0.3) is 0 Å². The molecule has 0 radical (unpaired) electrons. The highest BCUT2D eigenvalue weighted by molar-refractivity contribution is 14.0. The lowest BCUT2D eigenvalue weighted by Crippen LogP contribution is -2.36. The minimum Gasteiger partial charge on any atom is -0.497 e. The number of rotatable bonds is 8. The van der Waals surface area contributed by atoms with E-state index in [4.69, 9.17) is 14.5 Å². The first-order valence-electron chi connectivity index (χ1n) is 9.95. The van der Waals surface area contributed by atoms with Gasteiger partial charge in [-0.25, -0.2) is 9.98 Å². The number of thiazole rings is 1. The Labute approximate surface area is 194 Å². The van der Waals surface area contributed by atoms with Crippen LogP contribution in [0.25, 0.3) is 0 Å². The third kappa shape index (κ3) is 7.33. The summed E-state index contributed by atoms with van der Waals surface area (Å²) in [6.45, 7) is 6.14. The first kappa shape index (κ1) is 23.7. The molecule has 3 rings (SSSR count). The monoisotopic (exact) mass is 530 g/mol. The van der Waals surface area contributed by atoms with E-state index in [0.29, 0.717) is 19.2 Å². The largest absolute Gasteiger partial charge is 0.497 e. The molecule has 2 aromatic rings. The molecule has 1 aromatic heterocycles. The SMILES string of the molecule is CCNC(=NCc1ccc(OC)cc1OC1CCCC1)NCc1ncc(C)s1.I. The number of nitrogens with zero attached hydrogens (tertiary/aromatic N) is 2. The number of halogens is 1. The van der Waals surface area contributed by atoms with Crippen molar-refractivity contribution < 1.29 is 9.47 Å². The first-order valence-corrected chi connectivity index (χ1v) is 10.8. The Kier molecular flexibility index (Phi) is 9.99. The van der Waals surface area contributed by atoms with E-state index in [1.807, 2.05) is 24.4 Å². The summed E-state index contributed by atoms with van der Waals surface area (Å²) in [4.78, 5) is 10.4. The molecule has 6 nitrogen and oxygen atoms in total. The summed E-state index contributed by atoms with van der Waals surface area (Å²) < 4.78 is 11.7. The number of aromatic nitrogens is 1. The molecule has 29 heavy (non-hydrogen) atoms. The third-order valence-electron chi connectivity index (χ3n) is 4.70. The van der Waals surface area contributed by atoms with Crippen molar-refractivity contribution in [2.75, 3.05) is 13.7 Å². The van der Waals surface area contributed by atoms with E-state index in [0.717, 1.165) is 47.4 Å². The van der Waals surface area contributed by atoms with E-state index in [1.165, 1.54) is 17.7 Å². The maximum absolute atomic E-state index is 6.27. The van der Waals surface area contributed by atoms with E-state index in [-0.39, 0.29) is 24.0 Å². The second-order valence-corrected chi connectivity index (χ2v) is 8.23. The number of nitrogens with one attached hydrogen (secondary N) is 2. The molecule has 0 unspecified atom stereocenters. The first-order chi connectivity index (χ1) is 13.7. The molecule has 0 bridgehead atoms. The van der Waals surface area contributed by atoms with Crippen molar-refractivity contribution in [3.63, 3.8) is 0 Å². The van der Waals surface area contributed by atoms with Gasteiger partial charge in [0.2, 0.25) is 0 Å². The van der Waals surface area contributed by atoms with E-state index in [1.54, 1.807) is 18.4 Å². The van der Waals surface area contributed by atoms with Gasteiger partial charge in [0.1, 0.15) is 16.5 Å². The fourth-order valence-corrected chi connectivity index (χ4v) is 3.96. The van der Waals surface area contributed by atoms with Crippen molar-refractivity contribution in [2.45, 2.75) is 58.7 Å². The summed E-state index contributed by atoms with van der Waals surface area (Å²) in [6, 6.07) is 5.98. The van der Waals surface area contributed by atoms with Crippen molar-refractivity contribution >= 4 is 41.3 Å². The van der Waals surface area contributed by atoms with Gasteiger partial charge >= 0.3 is 0 Å². The van der Waals surface area contributed by atoms with Crippen LogP contribution < -0.4 is 20.1 Å². The van der Waals surface area contributed by atoms with Crippen molar-refractivity contribution in [3.8, 4) is 11.5 Å². The molecular formula is C21H31IN4O2S. The smallest absolute Gasteiger partial charge is 0.191 e. The Bertz CT molecular complexity index is 791. The molecule has 0 aliphatic heterocycles. The lowest BCUT2D eigenvalue weighted by atomic mass is 10.2. The molecule has 2 N–H and O–H groups in total. The highest BCUT2D eigenvalue weighted by Gasteiger charge is 2.18. The molecule has 1 heterocycles. The van der Waals surface area contributed by atoms with Gasteiger partial charge in [0, 0.05) is 29.2 Å². The van der Waals surface area contributed by atoms with Crippen LogP contribution in [0.3, 0.4) is 0 Å². The number of hydrogen-bond acceptors (Lipinski definition) is 5. The summed E-state index contributed by atoms with van der Waals surface area (Å²) in [6.07, 6.45) is 6.93. The molecule has 1 aromatic carbocycles. The molecular weight excluding hydrogens is 499 g/mol. The second-order valence-electron chi connectivity index (χ2n) is 6.91. The number of methoxy groups -OCH3 is 1. The molecule has 1 saturated carbocycles. The molecule has 160 valence electrons. The molecule has 0 amide bonds. The average molecular weight is 530 g/mol. The average Bonchev–Trinajstić information content (AvgIpc) is 3.36. The van der Waals surface area contributed by atoms with Gasteiger partial charge in [-0.15, -0.1) is 35.3 Å². The van der Waals surface area contributed by atoms with Crippen molar-refractivity contribution in [2.24, 2.45) is 4.99 Å². The lowest BCUT2D eigenvalue weighted by molar-refractivity contribution is 0.207. The fourth-order valence-electron chi connectivity index (χ4n) is 3.24. The topological polar surface area (TPSA) is 67.8 Å². The van der Waals surface area contributed by atoms with Gasteiger partial charge in [-0.1, -0.05) is 0 Å². The predicted molar refractivity (Wildman–Crippen MR) is 130 cm³/mol. The fraction of sp³-hybridized carbons (Fsp3) is 0.524. The van der Waals surface area contributed by atoms with Gasteiger partial charge < -0.3 is 20.1 Å². The molecule has 1 aliphatic rings. The normalized spacial score (nSPS) is 14.4. The van der Waals surface area contributed by atoms with Crippen LogP contribution in [0.2, 0.25) is 0 Å². The zero-order valence-corrected chi connectivity index (χ0v) is 20.5. The number of hydrogen-bond donors (Lipinski definition) is 2. The van der Waals surface area contributed by atoms with Crippen LogP contribution in [0, 0.1) is 6.92 Å². The number of benzene rings is 1. The molecule has 1 aliphatic carbocycles. The number of guanidine groups is 1. The van der Waals surface area contributed by atoms with Crippen LogP contribution in [-0.2, 0) is 13.1 Å². The van der Waals surface area contributed by atoms with E-state index >= 15 is 0 Å². The maximum Gasteiger partial charge on any atom is 0.191 e. The summed E-state index contributed by atoms with van der Waals surface area (Å²) in [5.41, 5.74) is 1.06. The van der Waals surface area contributed by atoms with Crippen molar-refractivity contribution in [1.82, 2.24) is 15.6 Å². The summed E-state index contributed by atoms with van der Waals surface area (Å²) in [7, 11) is 1.68. The maximum atomic E-state index is 6.27. The Balaban J connectivity index is 0.00000300. The summed E-state index contributed by atoms with van der Waals surface area (Å²) >= 11 is 1.70. The zero-order chi connectivity index (χ0) is 19.8. The van der Waals surface area contributed by atoms with Crippen LogP contribution in [0.1, 0.15) is 48.1 Å². The van der Waals surface area contributed by atoms with Gasteiger partial charge in [-0.3, -0.25) is 0 Å². The van der Waals surface area contributed by atoms with Crippen molar-refractivity contribution in [3.05, 3.63) is 39.8 Å². The minimum atomic E-state index is 0. The standard InChI is InChI=1S/C21H30N4O2S.HI/c1-4-22-21(25-14-20-23-12-15(2)28-20)24-13-16-9-10-18(26-3)11-19(16)27-17-7-5-6-8-17;/h9-12,17H,4-8,13-14H2,1-3H3,(H2,22,24,25);1H. The zero-order valence-electron chi connectivity index (χ0n) is 17.4. The minimum absolute atomic E-state index is 0. The van der Waals surface area contributed by atoms with Crippen LogP contribution in [0.15, 0.2) is 29.4 Å². The van der Waals surface area contributed by atoms with Gasteiger partial charge in [0.05, 0.1) is 26.3 Å². The second kappa shape index (κ2) is 12.2. The lowest BCUT2D eigenvalue weighted by Gasteiger charge is -2.17. The van der Waals surface area contributed by atoms with Gasteiger partial charge in [-0.2, -0.15) is 0 Å². The Morgan fingerprint density at radius 1 is 1.28 bits per heavy atom. The quantitative estimate of drug-likeness (QED) is 0.296. The highest BCUT2D eigenvalue weighted by Crippen LogP contribution is 2.30. The Morgan fingerprint density at radius 3 is 2.72 bits per heavy atom. The van der Waals surface area contributed by atoms with Crippen LogP contribution in [0.5, 0.6) is 11.5 Å². The van der Waals surface area contributed by atoms with Gasteiger partial charge in [0.15, 0.2) is 5.96 Å². The molecule has 0 spiro atoms. The van der Waals surface area contributed by atoms with Crippen molar-refractivity contribution in [1.29, 1.82) is 0 Å². The molecule has 0 atom stereocenters. The molecule has 1 fully saturated rings. The Hall–Kier alpha value is -1.55. The predicted octanol–water partition coefficient (Wildman–Crippen LogP) is 4.65. The van der Waals surface area contributed by atoms with E-state index in [9.17, 15) is 0 Å². The molecule has 0 saturated heterocycles. The Morgan fingerprint density at radius 2 is 2.07 bits per heavy atom. The van der Waals surface area contributed by atoms with Crippen LogP contribution in [-0.4, -0.2) is 30.7 Å². The molecule has 8 heteroatoms. The highest BCUT2D eigenvalue weighted by atomic mass is 127. The van der Waals surface area contributed by atoms with Gasteiger partial charge in [-0.05, 0) is 51.7 Å². The number of aliphatic imine (C=N–C) groups is 1. The van der Waals surface area contributed by atoms with Crippen LogP contribution in [0.4, 0.5) is 0 Å². The summed E-state index contributed by atoms with van der Waals surface area (Å²) in [5, 5.41) is 7.71. The number of aryl methyl sites for hydroxylation is 1. The summed E-state index contributed by atoms with van der Waals surface area (Å²) in [5.74, 6) is 2.46. The third-order valence-corrected chi connectivity index (χ3v) is 5.61. The number of ether oxygens (including phenoxy) is 2.